The molecule has 0 spiro atoms. The molecule has 0 aliphatic heterocycles. The van der Waals surface area contributed by atoms with Crippen LogP contribution >= 0.6 is 0 Å². The first-order valence-corrected chi connectivity index (χ1v) is 5.21. The Morgan fingerprint density at radius 1 is 1.27 bits per heavy atom. The van der Waals surface area contributed by atoms with Crippen LogP contribution in [0.3, 0.4) is 0 Å². The third kappa shape index (κ3) is 4.78. The summed E-state index contributed by atoms with van der Waals surface area (Å²) < 4.78 is 5.39. The molecule has 0 atom stereocenters. The van der Waals surface area contributed by atoms with Crippen molar-refractivity contribution < 1.29 is 4.42 Å². The quantitative estimate of drug-likeness (QED) is 0.796. The zero-order valence-electron chi connectivity index (χ0n) is 10.1. The van der Waals surface area contributed by atoms with Crippen molar-refractivity contribution in [3.05, 3.63) is 5.89 Å². The average molecular weight is 212 g/mol. The van der Waals surface area contributed by atoms with Crippen LogP contribution in [0.1, 0.15) is 40.5 Å². The van der Waals surface area contributed by atoms with Gasteiger partial charge in [-0.3, -0.25) is 0 Å². The van der Waals surface area contributed by atoms with Gasteiger partial charge >= 0.3 is 6.01 Å². The van der Waals surface area contributed by atoms with Crippen LogP contribution < -0.4 is 10.6 Å². The van der Waals surface area contributed by atoms with Crippen LogP contribution in [0.2, 0.25) is 0 Å². The molecule has 15 heavy (non-hydrogen) atoms. The largest absolute Gasteiger partial charge is 0.407 e. The third-order valence-electron chi connectivity index (χ3n) is 1.65. The van der Waals surface area contributed by atoms with Crippen LogP contribution in [0.4, 0.5) is 6.01 Å². The van der Waals surface area contributed by atoms with E-state index in [1.807, 2.05) is 13.8 Å². The van der Waals surface area contributed by atoms with Gasteiger partial charge in [-0.05, 0) is 34.6 Å². The molecular formula is C10H20N4O. The first-order valence-electron chi connectivity index (χ1n) is 5.21. The van der Waals surface area contributed by atoms with Gasteiger partial charge in [0.25, 0.3) is 0 Å². The first kappa shape index (κ1) is 12.0. The lowest BCUT2D eigenvalue weighted by molar-refractivity contribution is 0.383. The molecule has 1 aromatic heterocycles. The zero-order chi connectivity index (χ0) is 11.5. The van der Waals surface area contributed by atoms with Crippen molar-refractivity contribution in [2.75, 3.05) is 5.32 Å². The lowest BCUT2D eigenvalue weighted by Crippen LogP contribution is -2.35. The van der Waals surface area contributed by atoms with Gasteiger partial charge in [-0.1, -0.05) is 5.10 Å². The summed E-state index contributed by atoms with van der Waals surface area (Å²) in [7, 11) is 0. The Balaban J connectivity index is 2.46. The number of nitrogens with zero attached hydrogens (tertiary/aromatic N) is 2. The van der Waals surface area contributed by atoms with Crippen molar-refractivity contribution in [3.8, 4) is 0 Å². The summed E-state index contributed by atoms with van der Waals surface area (Å²) in [5.41, 5.74) is 0.0557. The molecule has 0 saturated heterocycles. The molecule has 0 aliphatic rings. The number of hydrogen-bond donors (Lipinski definition) is 2. The molecule has 5 heteroatoms. The van der Waals surface area contributed by atoms with E-state index in [9.17, 15) is 0 Å². The van der Waals surface area contributed by atoms with Crippen LogP contribution in [0.5, 0.6) is 0 Å². The highest BCUT2D eigenvalue weighted by atomic mass is 16.4. The van der Waals surface area contributed by atoms with Crippen molar-refractivity contribution in [3.63, 3.8) is 0 Å². The van der Waals surface area contributed by atoms with Crippen molar-refractivity contribution in [1.82, 2.24) is 15.5 Å². The summed E-state index contributed by atoms with van der Waals surface area (Å²) in [6.45, 7) is 10.9. The lowest BCUT2D eigenvalue weighted by atomic mass is 10.1. The molecule has 0 saturated carbocycles. The van der Waals surface area contributed by atoms with Crippen LogP contribution in [0.15, 0.2) is 4.42 Å². The molecule has 1 aromatic rings. The summed E-state index contributed by atoms with van der Waals surface area (Å²) >= 11 is 0. The maximum atomic E-state index is 5.39. The van der Waals surface area contributed by atoms with Crippen molar-refractivity contribution in [2.24, 2.45) is 0 Å². The molecule has 5 nitrogen and oxygen atoms in total. The number of anilines is 1. The Bertz CT molecular complexity index is 301. The summed E-state index contributed by atoms with van der Waals surface area (Å²) in [4.78, 5) is 0. The standard InChI is InChI=1S/C10H20N4O/c1-7(2)12-9-14-13-8(15-9)6-11-10(3,4)5/h7,11H,6H2,1-5H3,(H,12,14). The molecular weight excluding hydrogens is 192 g/mol. The van der Waals surface area contributed by atoms with E-state index in [2.05, 4.69) is 41.6 Å². The lowest BCUT2D eigenvalue weighted by Gasteiger charge is -2.18. The first-order chi connectivity index (χ1) is 6.87. The number of nitrogens with one attached hydrogen (secondary N) is 2. The number of rotatable bonds is 4. The highest BCUT2D eigenvalue weighted by Gasteiger charge is 2.12. The maximum absolute atomic E-state index is 5.39. The second-order valence-corrected chi connectivity index (χ2v) is 4.90. The highest BCUT2D eigenvalue weighted by molar-refractivity contribution is 5.18. The van der Waals surface area contributed by atoms with Gasteiger partial charge in [0, 0.05) is 11.6 Å². The summed E-state index contributed by atoms with van der Waals surface area (Å²) in [6.07, 6.45) is 0. The van der Waals surface area contributed by atoms with Gasteiger partial charge in [-0.15, -0.1) is 5.10 Å². The minimum Gasteiger partial charge on any atom is -0.407 e. The Labute approximate surface area is 90.7 Å². The van der Waals surface area contributed by atoms with Crippen molar-refractivity contribution in [1.29, 1.82) is 0 Å². The predicted molar refractivity (Wildman–Crippen MR) is 59.6 cm³/mol. The molecule has 1 rings (SSSR count). The summed E-state index contributed by atoms with van der Waals surface area (Å²) in [5.74, 6) is 0.605. The molecule has 0 bridgehead atoms. The minimum atomic E-state index is 0.0557. The van der Waals surface area contributed by atoms with E-state index < -0.39 is 0 Å². The molecule has 0 amide bonds. The van der Waals surface area contributed by atoms with Gasteiger partial charge < -0.3 is 15.1 Å². The van der Waals surface area contributed by atoms with Crippen LogP contribution in [-0.2, 0) is 6.54 Å². The SMILES string of the molecule is CC(C)Nc1nnc(CNC(C)(C)C)o1. The second-order valence-electron chi connectivity index (χ2n) is 4.90. The monoisotopic (exact) mass is 212 g/mol. The second kappa shape index (κ2) is 4.61. The van der Waals surface area contributed by atoms with Gasteiger partial charge in [0.1, 0.15) is 0 Å². The number of hydrogen-bond acceptors (Lipinski definition) is 5. The maximum Gasteiger partial charge on any atom is 0.315 e. The van der Waals surface area contributed by atoms with Gasteiger partial charge in [-0.25, -0.2) is 0 Å². The smallest absolute Gasteiger partial charge is 0.315 e. The normalized spacial score (nSPS) is 12.1. The van der Waals surface area contributed by atoms with Crippen LogP contribution in [0.25, 0.3) is 0 Å². The molecule has 1 heterocycles. The molecule has 0 unspecified atom stereocenters. The van der Waals surface area contributed by atoms with E-state index in [4.69, 9.17) is 4.42 Å². The predicted octanol–water partition coefficient (Wildman–Crippen LogP) is 1.78. The Morgan fingerprint density at radius 3 is 2.47 bits per heavy atom. The topological polar surface area (TPSA) is 63.0 Å². The van der Waals surface area contributed by atoms with E-state index in [0.29, 0.717) is 24.5 Å². The highest BCUT2D eigenvalue weighted by Crippen LogP contribution is 2.08. The number of aromatic nitrogens is 2. The van der Waals surface area contributed by atoms with E-state index in [0.717, 1.165) is 0 Å². The van der Waals surface area contributed by atoms with E-state index in [-0.39, 0.29) is 5.54 Å². The average Bonchev–Trinajstić information content (AvgIpc) is 2.46. The van der Waals surface area contributed by atoms with Crippen LogP contribution in [0, 0.1) is 0 Å². The summed E-state index contributed by atoms with van der Waals surface area (Å²) in [5, 5.41) is 14.2. The zero-order valence-corrected chi connectivity index (χ0v) is 10.1. The third-order valence-corrected chi connectivity index (χ3v) is 1.65. The molecule has 0 radical (unpaired) electrons. The Hall–Kier alpha value is -1.10. The van der Waals surface area contributed by atoms with Gasteiger partial charge in [0.15, 0.2) is 0 Å². The van der Waals surface area contributed by atoms with Crippen molar-refractivity contribution in [2.45, 2.75) is 52.7 Å². The van der Waals surface area contributed by atoms with Crippen molar-refractivity contribution >= 4 is 6.01 Å². The Kier molecular flexibility index (Phi) is 3.68. The van der Waals surface area contributed by atoms with E-state index in [1.165, 1.54) is 0 Å². The fourth-order valence-corrected chi connectivity index (χ4v) is 0.971. The van der Waals surface area contributed by atoms with Gasteiger partial charge in [0.05, 0.1) is 6.54 Å². The fraction of sp³-hybridized carbons (Fsp3) is 0.800. The molecule has 0 aromatic carbocycles. The Morgan fingerprint density at radius 2 is 1.93 bits per heavy atom. The van der Waals surface area contributed by atoms with Crippen LogP contribution in [-0.4, -0.2) is 21.8 Å². The molecule has 0 aliphatic carbocycles. The van der Waals surface area contributed by atoms with E-state index in [1.54, 1.807) is 0 Å². The molecule has 86 valence electrons. The van der Waals surface area contributed by atoms with Gasteiger partial charge in [-0.2, -0.15) is 0 Å². The van der Waals surface area contributed by atoms with Gasteiger partial charge in [0.2, 0.25) is 5.89 Å². The summed E-state index contributed by atoms with van der Waals surface area (Å²) in [6, 6.07) is 0.782. The fourth-order valence-electron chi connectivity index (χ4n) is 0.971. The molecule has 0 fully saturated rings. The van der Waals surface area contributed by atoms with E-state index >= 15 is 0 Å². The minimum absolute atomic E-state index is 0.0557. The molecule has 2 N–H and O–H groups in total.